The molecule has 0 aromatic carbocycles. The van der Waals surface area contributed by atoms with E-state index in [9.17, 15) is 24.0 Å². The zero-order chi connectivity index (χ0) is 29.6. The second-order valence-corrected chi connectivity index (χ2v) is 13.7. The molecule has 4 fully saturated rings. The van der Waals surface area contributed by atoms with Crippen molar-refractivity contribution in [3.05, 3.63) is 12.7 Å². The Morgan fingerprint density at radius 2 is 1.95 bits per heavy atom. The molecule has 7 unspecified atom stereocenters. The number of rotatable bonds is 9. The first-order valence-electron chi connectivity index (χ1n) is 14.7. The summed E-state index contributed by atoms with van der Waals surface area (Å²) in [6.45, 7) is 15.9. The van der Waals surface area contributed by atoms with Gasteiger partial charge in [0.2, 0.25) is 17.6 Å². The van der Waals surface area contributed by atoms with Crippen molar-refractivity contribution in [1.29, 1.82) is 0 Å². The van der Waals surface area contributed by atoms with E-state index in [2.05, 4.69) is 22.5 Å². The summed E-state index contributed by atoms with van der Waals surface area (Å²) in [5, 5.41) is 8.27. The van der Waals surface area contributed by atoms with E-state index < -0.39 is 47.2 Å². The number of nitrogens with zero attached hydrogens (tertiary/aromatic N) is 1. The highest BCUT2D eigenvalue weighted by molar-refractivity contribution is 6.38. The van der Waals surface area contributed by atoms with Crippen LogP contribution in [0.15, 0.2) is 12.7 Å². The quantitative estimate of drug-likeness (QED) is 0.294. The molecule has 0 aromatic heterocycles. The number of nitrogens with one attached hydrogen (secondary N) is 3. The Hall–Kier alpha value is -2.91. The fraction of sp³-hybridized carbons (Fsp3) is 0.767. The van der Waals surface area contributed by atoms with Crippen LogP contribution < -0.4 is 16.0 Å². The third-order valence-corrected chi connectivity index (χ3v) is 9.70. The molecule has 2 aliphatic carbocycles. The summed E-state index contributed by atoms with van der Waals surface area (Å²) in [5.41, 5.74) is -0.958. The van der Waals surface area contributed by atoms with Crippen molar-refractivity contribution in [3.63, 3.8) is 0 Å². The van der Waals surface area contributed by atoms with Gasteiger partial charge in [-0.05, 0) is 59.7 Å². The van der Waals surface area contributed by atoms with E-state index in [1.807, 2.05) is 41.5 Å². The Kier molecular flexibility index (Phi) is 8.39. The van der Waals surface area contributed by atoms with E-state index >= 15 is 0 Å². The second kappa shape index (κ2) is 11.2. The predicted molar refractivity (Wildman–Crippen MR) is 149 cm³/mol. The summed E-state index contributed by atoms with van der Waals surface area (Å²) in [4.78, 5) is 68.6. The largest absolute Gasteiger partial charge is 0.449 e. The number of likely N-dealkylation sites (tertiary alicyclic amines) is 1. The first-order chi connectivity index (χ1) is 18.8. The van der Waals surface area contributed by atoms with Crippen molar-refractivity contribution in [2.24, 2.45) is 40.4 Å². The van der Waals surface area contributed by atoms with Crippen molar-refractivity contribution in [3.8, 4) is 0 Å². The molecule has 4 rings (SSSR count). The first-order valence-corrected chi connectivity index (χ1v) is 14.7. The molecule has 0 radical (unpaired) electrons. The Bertz CT molecular complexity index is 1070. The minimum atomic E-state index is -0.954. The molecule has 0 aromatic rings. The Balaban J connectivity index is 1.67. The molecule has 10 heteroatoms. The van der Waals surface area contributed by atoms with Gasteiger partial charge in [-0.1, -0.05) is 54.0 Å². The zero-order valence-corrected chi connectivity index (χ0v) is 24.7. The fourth-order valence-electron chi connectivity index (χ4n) is 8.17. The lowest BCUT2D eigenvalue weighted by Crippen LogP contribution is -2.59. The first kappa shape index (κ1) is 30.1. The predicted octanol–water partition coefficient (Wildman–Crippen LogP) is 2.42. The minimum Gasteiger partial charge on any atom is -0.449 e. The molecule has 2 saturated carbocycles. The number of hydrogen-bond donors (Lipinski definition) is 3. The molecule has 1 spiro atoms. The van der Waals surface area contributed by atoms with Crippen LogP contribution in [-0.2, 0) is 23.9 Å². The van der Waals surface area contributed by atoms with E-state index in [4.69, 9.17) is 4.74 Å². The van der Waals surface area contributed by atoms with Crippen LogP contribution in [0, 0.1) is 40.4 Å². The number of fused-ring (bicyclic) bond motifs is 2. The maximum absolute atomic E-state index is 14.2. The summed E-state index contributed by atoms with van der Waals surface area (Å²) in [6, 6.07) is -2.62. The van der Waals surface area contributed by atoms with Gasteiger partial charge in [0.05, 0.1) is 6.61 Å². The normalized spacial score (nSPS) is 33.1. The molecule has 2 aliphatic heterocycles. The highest BCUT2D eigenvalue weighted by atomic mass is 16.5. The van der Waals surface area contributed by atoms with E-state index in [0.717, 1.165) is 19.3 Å². The molecule has 10 nitrogen and oxygen atoms in total. The van der Waals surface area contributed by atoms with E-state index in [-0.39, 0.29) is 48.1 Å². The number of carbonyl (C=O) groups is 5. The maximum atomic E-state index is 14.2. The Labute approximate surface area is 237 Å². The van der Waals surface area contributed by atoms with E-state index in [0.29, 0.717) is 18.9 Å². The molecule has 4 aliphatic rings. The van der Waals surface area contributed by atoms with Gasteiger partial charge in [-0.15, -0.1) is 6.58 Å². The molecule has 40 heavy (non-hydrogen) atoms. The number of Topliss-reactive ketones (excluding diaryl/α,β-unsaturated/α-hetero) is 1. The Morgan fingerprint density at radius 3 is 2.55 bits per heavy atom. The molecule has 2 heterocycles. The topological polar surface area (TPSA) is 134 Å². The number of hydrogen-bond acceptors (Lipinski definition) is 6. The molecule has 8 atom stereocenters. The van der Waals surface area contributed by atoms with Gasteiger partial charge >= 0.3 is 6.09 Å². The molecule has 2 bridgehead atoms. The van der Waals surface area contributed by atoms with Gasteiger partial charge in [0.25, 0.3) is 5.91 Å². The van der Waals surface area contributed by atoms with Crippen LogP contribution in [0.1, 0.15) is 67.2 Å². The van der Waals surface area contributed by atoms with Crippen LogP contribution in [0.3, 0.4) is 0 Å². The van der Waals surface area contributed by atoms with Crippen molar-refractivity contribution in [1.82, 2.24) is 20.9 Å². The average molecular weight is 559 g/mol. The summed E-state index contributed by atoms with van der Waals surface area (Å²) < 4.78 is 5.32. The van der Waals surface area contributed by atoms with Gasteiger partial charge in [0.1, 0.15) is 18.1 Å². The van der Waals surface area contributed by atoms with Crippen molar-refractivity contribution >= 4 is 29.6 Å². The van der Waals surface area contributed by atoms with Crippen LogP contribution in [0.25, 0.3) is 0 Å². The number of alkyl carbamates (subject to hydrolysis) is 1. The minimum absolute atomic E-state index is 0.0947. The van der Waals surface area contributed by atoms with E-state index in [1.54, 1.807) is 4.90 Å². The maximum Gasteiger partial charge on any atom is 0.407 e. The molecule has 222 valence electrons. The van der Waals surface area contributed by atoms with Gasteiger partial charge < -0.3 is 25.6 Å². The van der Waals surface area contributed by atoms with Crippen LogP contribution in [0.5, 0.6) is 0 Å². The lowest BCUT2D eigenvalue weighted by Gasteiger charge is -2.43. The van der Waals surface area contributed by atoms with Crippen LogP contribution >= 0.6 is 0 Å². The summed E-state index contributed by atoms with van der Waals surface area (Å²) >= 11 is 0. The standard InChI is InChI=1S/C30H46N4O6/c1-8-12-31-26(37)23(35)21-19(9-2)30-11-10-17(13-30)18-14-34(22(20(18)30)25(36)32-21)27(38)24(29(5,6)7)33-28(39)40-15-16(3)4/h8,16-22,24H,1,9-15H2,2-7H3,(H,31,37)(H,32,36)(H,33,39)/t17?,18?,19?,20?,21?,22?,24-,30?/m1/s1. The summed E-state index contributed by atoms with van der Waals surface area (Å²) in [5.74, 6) is -1.76. The van der Waals surface area contributed by atoms with Gasteiger partial charge in [-0.3, -0.25) is 19.2 Å². The SMILES string of the molecule is C=CCNC(=O)C(=O)C1NC(=O)C2C3C(CN2C(=O)[C@@H](NC(=O)OCC(C)C)C(C)(C)C)C2CCC3(C2)C1CC. The van der Waals surface area contributed by atoms with Crippen LogP contribution in [0.2, 0.25) is 0 Å². The lowest BCUT2D eigenvalue weighted by molar-refractivity contribution is -0.144. The number of ether oxygens (including phenoxy) is 1. The van der Waals surface area contributed by atoms with Gasteiger partial charge in [-0.2, -0.15) is 0 Å². The zero-order valence-electron chi connectivity index (χ0n) is 24.7. The highest BCUT2D eigenvalue weighted by Crippen LogP contribution is 2.69. The fourth-order valence-corrected chi connectivity index (χ4v) is 8.17. The van der Waals surface area contributed by atoms with Gasteiger partial charge in [0, 0.05) is 13.1 Å². The van der Waals surface area contributed by atoms with E-state index in [1.165, 1.54) is 6.08 Å². The average Bonchev–Trinajstić information content (AvgIpc) is 3.56. The van der Waals surface area contributed by atoms with Gasteiger partial charge in [-0.25, -0.2) is 4.79 Å². The molecule has 3 N–H and O–H groups in total. The van der Waals surface area contributed by atoms with Crippen LogP contribution in [-0.4, -0.2) is 72.3 Å². The second-order valence-electron chi connectivity index (χ2n) is 13.7. The highest BCUT2D eigenvalue weighted by Gasteiger charge is 2.70. The van der Waals surface area contributed by atoms with Crippen molar-refractivity contribution in [2.75, 3.05) is 19.7 Å². The van der Waals surface area contributed by atoms with Crippen molar-refractivity contribution < 1.29 is 28.7 Å². The monoisotopic (exact) mass is 558 g/mol. The summed E-state index contributed by atoms with van der Waals surface area (Å²) in [6.07, 6.45) is 4.22. The number of amides is 4. The smallest absolute Gasteiger partial charge is 0.407 e. The third-order valence-electron chi connectivity index (χ3n) is 9.70. The molecule has 2 saturated heterocycles. The van der Waals surface area contributed by atoms with Crippen LogP contribution in [0.4, 0.5) is 4.79 Å². The molecule has 4 amide bonds. The lowest BCUT2D eigenvalue weighted by atomic mass is 9.60. The molecular weight excluding hydrogens is 512 g/mol. The number of carbonyl (C=O) groups excluding carboxylic acids is 5. The van der Waals surface area contributed by atoms with Gasteiger partial charge in [0.15, 0.2) is 0 Å². The number of ketones is 1. The van der Waals surface area contributed by atoms with Crippen molar-refractivity contribution in [2.45, 2.75) is 85.4 Å². The summed E-state index contributed by atoms with van der Waals surface area (Å²) in [7, 11) is 0. The Morgan fingerprint density at radius 1 is 1.25 bits per heavy atom. The molecular formula is C30H46N4O6. The third kappa shape index (κ3) is 5.14.